The van der Waals surface area contributed by atoms with Crippen LogP contribution in [-0.2, 0) is 0 Å². The number of hydrogen-bond donors (Lipinski definition) is 1. The van der Waals surface area contributed by atoms with Crippen LogP contribution in [0.1, 0.15) is 29.4 Å². The van der Waals surface area contributed by atoms with Gasteiger partial charge in [-0.25, -0.2) is 4.98 Å². The monoisotopic (exact) mass is 317 g/mol. The molecule has 0 radical (unpaired) electrons. The molecule has 0 spiro atoms. The third kappa shape index (κ3) is 3.16. The number of fused-ring (bicyclic) bond motifs is 1. The van der Waals surface area contributed by atoms with Crippen molar-refractivity contribution in [3.8, 4) is 11.8 Å². The molecule has 3 aromatic rings. The highest BCUT2D eigenvalue weighted by molar-refractivity contribution is 5.90. The maximum atomic E-state index is 9.51. The van der Waals surface area contributed by atoms with Gasteiger partial charge in [0.05, 0.1) is 23.2 Å². The van der Waals surface area contributed by atoms with Crippen LogP contribution in [0.3, 0.4) is 0 Å². The minimum absolute atomic E-state index is 0.505. The number of H-pyrrole nitrogens is 1. The van der Waals surface area contributed by atoms with E-state index in [4.69, 9.17) is 4.74 Å². The Morgan fingerprint density at radius 3 is 2.58 bits per heavy atom. The summed E-state index contributed by atoms with van der Waals surface area (Å²) in [5, 5.41) is 9.51. The first-order chi connectivity index (χ1) is 11.6. The van der Waals surface area contributed by atoms with Crippen molar-refractivity contribution in [3.05, 3.63) is 58.9 Å². The van der Waals surface area contributed by atoms with E-state index in [-0.39, 0.29) is 0 Å². The summed E-state index contributed by atoms with van der Waals surface area (Å²) in [4.78, 5) is 7.80. The topological polar surface area (TPSA) is 61.7 Å². The number of rotatable bonds is 4. The normalized spacial score (nSPS) is 11.5. The number of allylic oxidation sites excluding steroid dienone is 1. The number of nitrogens with one attached hydrogen (secondary N) is 1. The zero-order valence-electron chi connectivity index (χ0n) is 14.1. The number of aromatic nitrogens is 2. The van der Waals surface area contributed by atoms with Crippen LogP contribution >= 0.6 is 0 Å². The molecule has 0 saturated carbocycles. The minimum atomic E-state index is 0.505. The molecule has 1 aromatic heterocycles. The van der Waals surface area contributed by atoms with Crippen LogP contribution in [0.2, 0.25) is 0 Å². The number of nitrogens with zero attached hydrogens (tertiary/aromatic N) is 2. The summed E-state index contributed by atoms with van der Waals surface area (Å²) in [5.41, 5.74) is 5.65. The first-order valence-corrected chi connectivity index (χ1v) is 7.92. The van der Waals surface area contributed by atoms with Gasteiger partial charge >= 0.3 is 0 Å². The molecular weight excluding hydrogens is 298 g/mol. The highest BCUT2D eigenvalue weighted by Gasteiger charge is 2.09. The lowest BCUT2D eigenvalue weighted by atomic mass is 10.1. The number of imidazole rings is 1. The van der Waals surface area contributed by atoms with Crippen LogP contribution in [0.5, 0.6) is 5.75 Å². The molecule has 0 saturated heterocycles. The number of aromatic amines is 1. The minimum Gasteiger partial charge on any atom is -0.494 e. The third-order valence-electron chi connectivity index (χ3n) is 3.98. The van der Waals surface area contributed by atoms with E-state index in [0.29, 0.717) is 18.0 Å². The molecule has 1 heterocycles. The zero-order chi connectivity index (χ0) is 17.1. The molecule has 0 aliphatic heterocycles. The van der Waals surface area contributed by atoms with Crippen molar-refractivity contribution in [2.24, 2.45) is 0 Å². The molecule has 3 rings (SSSR count). The highest BCUT2D eigenvalue weighted by atomic mass is 16.5. The molecule has 0 bridgehead atoms. The number of aryl methyl sites for hydroxylation is 2. The van der Waals surface area contributed by atoms with Crippen molar-refractivity contribution in [3.63, 3.8) is 0 Å². The molecule has 2 aromatic carbocycles. The van der Waals surface area contributed by atoms with Crippen LogP contribution < -0.4 is 4.74 Å². The van der Waals surface area contributed by atoms with Gasteiger partial charge in [0.1, 0.15) is 17.6 Å². The van der Waals surface area contributed by atoms with Crippen molar-refractivity contribution in [1.29, 1.82) is 5.26 Å². The summed E-state index contributed by atoms with van der Waals surface area (Å²) >= 11 is 0. The summed E-state index contributed by atoms with van der Waals surface area (Å²) in [6.07, 6.45) is 1.83. The highest BCUT2D eigenvalue weighted by Crippen LogP contribution is 2.22. The molecule has 0 unspecified atom stereocenters. The molecule has 0 aliphatic rings. The number of ether oxygens (including phenoxy) is 1. The maximum absolute atomic E-state index is 9.51. The van der Waals surface area contributed by atoms with Gasteiger partial charge in [-0.2, -0.15) is 5.26 Å². The largest absolute Gasteiger partial charge is 0.494 e. The van der Waals surface area contributed by atoms with Crippen LogP contribution in [-0.4, -0.2) is 16.6 Å². The van der Waals surface area contributed by atoms with E-state index >= 15 is 0 Å². The first-order valence-electron chi connectivity index (χ1n) is 7.92. The summed E-state index contributed by atoms with van der Waals surface area (Å²) in [6.45, 7) is 6.71. The maximum Gasteiger partial charge on any atom is 0.149 e. The van der Waals surface area contributed by atoms with Crippen LogP contribution in [0.25, 0.3) is 22.7 Å². The molecule has 120 valence electrons. The second kappa shape index (κ2) is 6.59. The number of nitriles is 1. The third-order valence-corrected chi connectivity index (χ3v) is 3.98. The molecule has 0 fully saturated rings. The lowest BCUT2D eigenvalue weighted by Gasteiger charge is -2.02. The second-order valence-corrected chi connectivity index (χ2v) is 5.71. The zero-order valence-corrected chi connectivity index (χ0v) is 14.1. The quantitative estimate of drug-likeness (QED) is 0.713. The van der Waals surface area contributed by atoms with Gasteiger partial charge in [0.25, 0.3) is 0 Å². The van der Waals surface area contributed by atoms with Crippen molar-refractivity contribution >= 4 is 22.7 Å². The fourth-order valence-corrected chi connectivity index (χ4v) is 2.54. The van der Waals surface area contributed by atoms with E-state index < -0.39 is 0 Å². The van der Waals surface area contributed by atoms with Crippen LogP contribution in [0.4, 0.5) is 0 Å². The van der Waals surface area contributed by atoms with Crippen molar-refractivity contribution in [2.45, 2.75) is 20.8 Å². The van der Waals surface area contributed by atoms with Gasteiger partial charge in [-0.15, -0.1) is 0 Å². The summed E-state index contributed by atoms with van der Waals surface area (Å²) in [7, 11) is 0. The smallest absolute Gasteiger partial charge is 0.149 e. The Hall–Kier alpha value is -3.06. The Labute approximate surface area is 141 Å². The summed E-state index contributed by atoms with van der Waals surface area (Å²) < 4.78 is 5.43. The van der Waals surface area contributed by atoms with E-state index in [1.165, 1.54) is 11.1 Å². The predicted molar refractivity (Wildman–Crippen MR) is 96.7 cm³/mol. The molecular formula is C20H19N3O. The molecule has 4 heteroatoms. The Kier molecular flexibility index (Phi) is 4.35. The van der Waals surface area contributed by atoms with Gasteiger partial charge in [-0.1, -0.05) is 12.1 Å². The van der Waals surface area contributed by atoms with Gasteiger partial charge < -0.3 is 9.72 Å². The molecule has 0 atom stereocenters. The molecule has 0 amide bonds. The van der Waals surface area contributed by atoms with Crippen molar-refractivity contribution in [2.75, 3.05) is 6.61 Å². The number of benzene rings is 2. The van der Waals surface area contributed by atoms with E-state index in [1.54, 1.807) is 0 Å². The van der Waals surface area contributed by atoms with E-state index in [9.17, 15) is 5.26 Å². The van der Waals surface area contributed by atoms with Gasteiger partial charge in [0.15, 0.2) is 0 Å². The predicted octanol–water partition coefficient (Wildman–Crippen LogP) is 4.64. The van der Waals surface area contributed by atoms with Gasteiger partial charge in [0.2, 0.25) is 0 Å². The molecule has 0 aliphatic carbocycles. The Bertz CT molecular complexity index is 904. The standard InChI is InChI=1S/C20H19N3O/c1-4-24-17-7-5-15(6-8-17)11-16(12-21)20-22-18-9-13(2)14(3)10-19(18)23-20/h5-11H,4H2,1-3H3,(H,22,23)/b16-11-. The number of hydrogen-bond acceptors (Lipinski definition) is 3. The van der Waals surface area contributed by atoms with E-state index in [1.807, 2.05) is 43.3 Å². The Morgan fingerprint density at radius 2 is 1.92 bits per heavy atom. The van der Waals surface area contributed by atoms with Gasteiger partial charge in [-0.3, -0.25) is 0 Å². The molecule has 24 heavy (non-hydrogen) atoms. The fourth-order valence-electron chi connectivity index (χ4n) is 2.54. The van der Waals surface area contributed by atoms with E-state index in [2.05, 4.69) is 36.0 Å². The van der Waals surface area contributed by atoms with Gasteiger partial charge in [0, 0.05) is 0 Å². The lowest BCUT2D eigenvalue weighted by molar-refractivity contribution is 0.340. The summed E-state index contributed by atoms with van der Waals surface area (Å²) in [5.74, 6) is 1.41. The van der Waals surface area contributed by atoms with Crippen molar-refractivity contribution in [1.82, 2.24) is 9.97 Å². The fraction of sp³-hybridized carbons (Fsp3) is 0.200. The lowest BCUT2D eigenvalue weighted by Crippen LogP contribution is -1.90. The average molecular weight is 317 g/mol. The summed E-state index contributed by atoms with van der Waals surface area (Å²) in [6, 6.07) is 14.0. The Morgan fingerprint density at radius 1 is 1.21 bits per heavy atom. The average Bonchev–Trinajstić information content (AvgIpc) is 2.97. The van der Waals surface area contributed by atoms with Gasteiger partial charge in [-0.05, 0) is 67.8 Å². The van der Waals surface area contributed by atoms with E-state index in [0.717, 1.165) is 22.3 Å². The second-order valence-electron chi connectivity index (χ2n) is 5.71. The SMILES string of the molecule is CCOc1ccc(/C=C(/C#N)c2nc3cc(C)c(C)cc3[nH]2)cc1. The first kappa shape index (κ1) is 15.8. The molecule has 1 N–H and O–H groups in total. The van der Waals surface area contributed by atoms with Crippen molar-refractivity contribution < 1.29 is 4.74 Å². The van der Waals surface area contributed by atoms with Crippen LogP contribution in [0.15, 0.2) is 36.4 Å². The Balaban J connectivity index is 1.97. The van der Waals surface area contributed by atoms with Crippen LogP contribution in [0, 0.1) is 25.2 Å². The molecule has 4 nitrogen and oxygen atoms in total.